The molecule has 0 fully saturated rings. The molecule has 1 atom stereocenters. The zero-order valence-electron chi connectivity index (χ0n) is 12.3. The number of amides is 1. The summed E-state index contributed by atoms with van der Waals surface area (Å²) in [6, 6.07) is 4.69. The maximum absolute atomic E-state index is 11.9. The minimum atomic E-state index is -0.486. The van der Waals surface area contributed by atoms with Gasteiger partial charge in [0.15, 0.2) is 0 Å². The van der Waals surface area contributed by atoms with Gasteiger partial charge in [-0.05, 0) is 38.5 Å². The van der Waals surface area contributed by atoms with Crippen molar-refractivity contribution in [3.63, 3.8) is 0 Å². The van der Waals surface area contributed by atoms with Gasteiger partial charge in [0.05, 0.1) is 17.2 Å². The van der Waals surface area contributed by atoms with Gasteiger partial charge in [-0.25, -0.2) is 0 Å². The Labute approximate surface area is 125 Å². The Morgan fingerprint density at radius 3 is 2.70 bits per heavy atom. The number of anilines is 1. The van der Waals surface area contributed by atoms with Gasteiger partial charge in [-0.3, -0.25) is 4.79 Å². The zero-order chi connectivity index (χ0) is 15.1. The molecule has 0 aliphatic rings. The summed E-state index contributed by atoms with van der Waals surface area (Å²) >= 11 is 6.11. The Kier molecular flexibility index (Phi) is 6.82. The molecule has 0 heterocycles. The van der Waals surface area contributed by atoms with E-state index in [0.29, 0.717) is 22.9 Å². The van der Waals surface area contributed by atoms with Crippen molar-refractivity contribution in [2.75, 3.05) is 5.32 Å². The lowest BCUT2D eigenvalue weighted by atomic mass is 10.1. The number of benzene rings is 1. The van der Waals surface area contributed by atoms with E-state index in [9.17, 15) is 4.79 Å². The maximum Gasteiger partial charge on any atom is 0.241 e. The van der Waals surface area contributed by atoms with Gasteiger partial charge in [-0.15, -0.1) is 0 Å². The molecule has 0 aliphatic heterocycles. The van der Waals surface area contributed by atoms with Crippen molar-refractivity contribution in [3.05, 3.63) is 23.2 Å². The van der Waals surface area contributed by atoms with E-state index in [4.69, 9.17) is 22.1 Å². The molecule has 0 radical (unpaired) electrons. The van der Waals surface area contributed by atoms with Crippen LogP contribution in [0, 0.1) is 0 Å². The van der Waals surface area contributed by atoms with E-state index in [-0.39, 0.29) is 12.0 Å². The normalized spacial score (nSPS) is 12.3. The molecule has 1 aromatic rings. The molecule has 20 heavy (non-hydrogen) atoms. The maximum atomic E-state index is 11.9. The van der Waals surface area contributed by atoms with Crippen LogP contribution in [0.2, 0.25) is 5.02 Å². The Hall–Kier alpha value is -1.26. The standard InChI is InChI=1S/C15H23ClN2O2/c1-4-5-6-13(17)15(19)18-11-7-8-14(12(16)9-11)20-10(2)3/h7-10,13H,4-6,17H2,1-3H3,(H,18,19). The second-order valence-electron chi connectivity index (χ2n) is 5.05. The number of carbonyl (C=O) groups is 1. The molecule has 1 aromatic carbocycles. The molecule has 0 saturated carbocycles. The molecule has 0 spiro atoms. The quantitative estimate of drug-likeness (QED) is 0.808. The predicted molar refractivity (Wildman–Crippen MR) is 83.3 cm³/mol. The van der Waals surface area contributed by atoms with Crippen molar-refractivity contribution >= 4 is 23.2 Å². The minimum Gasteiger partial charge on any atom is -0.489 e. The summed E-state index contributed by atoms with van der Waals surface area (Å²) in [5.41, 5.74) is 6.44. The van der Waals surface area contributed by atoms with E-state index in [1.54, 1.807) is 18.2 Å². The molecule has 0 aromatic heterocycles. The van der Waals surface area contributed by atoms with E-state index in [1.165, 1.54) is 0 Å². The van der Waals surface area contributed by atoms with Gasteiger partial charge in [0.2, 0.25) is 5.91 Å². The van der Waals surface area contributed by atoms with Crippen LogP contribution in [-0.2, 0) is 4.79 Å². The van der Waals surface area contributed by atoms with Gasteiger partial charge in [-0.1, -0.05) is 31.4 Å². The number of unbranched alkanes of at least 4 members (excludes halogenated alkanes) is 1. The van der Waals surface area contributed by atoms with E-state index in [1.807, 2.05) is 13.8 Å². The Balaban J connectivity index is 2.64. The zero-order valence-corrected chi connectivity index (χ0v) is 13.0. The summed E-state index contributed by atoms with van der Waals surface area (Å²) in [5.74, 6) is 0.419. The average molecular weight is 299 g/mol. The van der Waals surface area contributed by atoms with E-state index < -0.39 is 6.04 Å². The highest BCUT2D eigenvalue weighted by atomic mass is 35.5. The minimum absolute atomic E-state index is 0.0513. The molecule has 3 N–H and O–H groups in total. The van der Waals surface area contributed by atoms with Crippen molar-refractivity contribution in [2.45, 2.75) is 52.2 Å². The lowest BCUT2D eigenvalue weighted by Gasteiger charge is -2.14. The highest BCUT2D eigenvalue weighted by Gasteiger charge is 2.13. The molecule has 0 bridgehead atoms. The van der Waals surface area contributed by atoms with Crippen molar-refractivity contribution in [1.29, 1.82) is 0 Å². The third kappa shape index (κ3) is 5.39. The third-order valence-corrected chi connectivity index (χ3v) is 3.06. The molecular weight excluding hydrogens is 276 g/mol. The van der Waals surface area contributed by atoms with Gasteiger partial charge < -0.3 is 15.8 Å². The fourth-order valence-electron chi connectivity index (χ4n) is 1.72. The first-order chi connectivity index (χ1) is 9.43. The number of carbonyl (C=O) groups excluding carboxylic acids is 1. The fraction of sp³-hybridized carbons (Fsp3) is 0.533. The highest BCUT2D eigenvalue weighted by Crippen LogP contribution is 2.28. The summed E-state index contributed by atoms with van der Waals surface area (Å²) in [5, 5.41) is 3.24. The fourth-order valence-corrected chi connectivity index (χ4v) is 1.94. The average Bonchev–Trinajstić information content (AvgIpc) is 2.38. The number of hydrogen-bond donors (Lipinski definition) is 2. The number of hydrogen-bond acceptors (Lipinski definition) is 3. The number of rotatable bonds is 7. The van der Waals surface area contributed by atoms with Gasteiger partial charge in [0.1, 0.15) is 5.75 Å². The van der Waals surface area contributed by atoms with E-state index in [2.05, 4.69) is 12.2 Å². The molecule has 5 heteroatoms. The lowest BCUT2D eigenvalue weighted by molar-refractivity contribution is -0.117. The van der Waals surface area contributed by atoms with Crippen molar-refractivity contribution < 1.29 is 9.53 Å². The van der Waals surface area contributed by atoms with Crippen LogP contribution < -0.4 is 15.8 Å². The van der Waals surface area contributed by atoms with Gasteiger partial charge in [0.25, 0.3) is 0 Å². The van der Waals surface area contributed by atoms with Crippen LogP contribution in [0.1, 0.15) is 40.0 Å². The van der Waals surface area contributed by atoms with Crippen LogP contribution in [-0.4, -0.2) is 18.1 Å². The van der Waals surface area contributed by atoms with Crippen LogP contribution >= 0.6 is 11.6 Å². The second-order valence-corrected chi connectivity index (χ2v) is 5.46. The summed E-state index contributed by atoms with van der Waals surface area (Å²) in [6.07, 6.45) is 2.70. The van der Waals surface area contributed by atoms with Crippen LogP contribution in [0.3, 0.4) is 0 Å². The molecule has 4 nitrogen and oxygen atoms in total. The van der Waals surface area contributed by atoms with Gasteiger partial charge in [0, 0.05) is 5.69 Å². The van der Waals surface area contributed by atoms with Crippen molar-refractivity contribution in [1.82, 2.24) is 0 Å². The topological polar surface area (TPSA) is 64.4 Å². The molecular formula is C15H23ClN2O2. The van der Waals surface area contributed by atoms with Crippen molar-refractivity contribution in [3.8, 4) is 5.75 Å². The second kappa shape index (κ2) is 8.12. The lowest BCUT2D eigenvalue weighted by Crippen LogP contribution is -2.35. The van der Waals surface area contributed by atoms with Crippen LogP contribution in [0.5, 0.6) is 5.75 Å². The molecule has 112 valence electrons. The van der Waals surface area contributed by atoms with Gasteiger partial charge in [-0.2, -0.15) is 0 Å². The number of nitrogens with one attached hydrogen (secondary N) is 1. The van der Waals surface area contributed by atoms with Crippen LogP contribution in [0.4, 0.5) is 5.69 Å². The summed E-state index contributed by atoms with van der Waals surface area (Å²) in [7, 11) is 0. The number of nitrogens with two attached hydrogens (primary N) is 1. The van der Waals surface area contributed by atoms with Crippen LogP contribution in [0.15, 0.2) is 18.2 Å². The monoisotopic (exact) mass is 298 g/mol. The summed E-state index contributed by atoms with van der Waals surface area (Å²) in [6.45, 7) is 5.93. The molecule has 0 aliphatic carbocycles. The largest absolute Gasteiger partial charge is 0.489 e. The molecule has 1 unspecified atom stereocenters. The Morgan fingerprint density at radius 1 is 1.45 bits per heavy atom. The summed E-state index contributed by atoms with van der Waals surface area (Å²) in [4.78, 5) is 11.9. The summed E-state index contributed by atoms with van der Waals surface area (Å²) < 4.78 is 5.54. The third-order valence-electron chi connectivity index (χ3n) is 2.77. The van der Waals surface area contributed by atoms with Crippen molar-refractivity contribution in [2.24, 2.45) is 5.73 Å². The first-order valence-electron chi connectivity index (χ1n) is 6.96. The SMILES string of the molecule is CCCCC(N)C(=O)Nc1ccc(OC(C)C)c(Cl)c1. The highest BCUT2D eigenvalue weighted by molar-refractivity contribution is 6.32. The first kappa shape index (κ1) is 16.8. The number of halogens is 1. The predicted octanol–water partition coefficient (Wildman–Crippen LogP) is 3.58. The molecule has 1 amide bonds. The first-order valence-corrected chi connectivity index (χ1v) is 7.34. The Bertz CT molecular complexity index is 449. The molecule has 1 rings (SSSR count). The van der Waals surface area contributed by atoms with E-state index >= 15 is 0 Å². The number of ether oxygens (including phenoxy) is 1. The smallest absolute Gasteiger partial charge is 0.241 e. The van der Waals surface area contributed by atoms with E-state index in [0.717, 1.165) is 12.8 Å². The van der Waals surface area contributed by atoms with Crippen LogP contribution in [0.25, 0.3) is 0 Å². The molecule has 0 saturated heterocycles. The van der Waals surface area contributed by atoms with Gasteiger partial charge >= 0.3 is 0 Å². The Morgan fingerprint density at radius 2 is 2.15 bits per heavy atom.